The Morgan fingerprint density at radius 2 is 1.78 bits per heavy atom. The van der Waals surface area contributed by atoms with Crippen molar-refractivity contribution in [3.8, 4) is 5.75 Å². The molecule has 0 saturated carbocycles. The highest BCUT2D eigenvalue weighted by molar-refractivity contribution is 5.98. The van der Waals surface area contributed by atoms with Gasteiger partial charge >= 0.3 is 5.97 Å². The van der Waals surface area contributed by atoms with Crippen molar-refractivity contribution in [3.63, 3.8) is 0 Å². The third-order valence-electron chi connectivity index (χ3n) is 3.78. The fourth-order valence-corrected chi connectivity index (χ4v) is 2.33. The molecular weight excluding hydrogens is 348 g/mol. The second-order valence-corrected chi connectivity index (χ2v) is 5.91. The highest BCUT2D eigenvalue weighted by Crippen LogP contribution is 2.17. The molecule has 2 amide bonds. The fraction of sp³-hybridized carbons (Fsp3) is 0.250. The molecule has 2 aromatic carbocycles. The van der Waals surface area contributed by atoms with Crippen molar-refractivity contribution in [2.24, 2.45) is 0 Å². The zero-order valence-electron chi connectivity index (χ0n) is 15.5. The van der Waals surface area contributed by atoms with Crippen LogP contribution in [0.15, 0.2) is 42.5 Å². The van der Waals surface area contributed by atoms with Crippen molar-refractivity contribution in [2.75, 3.05) is 25.6 Å². The number of para-hydroxylation sites is 1. The number of hydrogen-bond donors (Lipinski definition) is 2. The normalized spacial score (nSPS) is 10.0. The molecule has 0 spiro atoms. The van der Waals surface area contributed by atoms with Crippen molar-refractivity contribution < 1.29 is 23.9 Å². The summed E-state index contributed by atoms with van der Waals surface area (Å²) in [6, 6.07) is 12.3. The molecule has 0 bridgehead atoms. The van der Waals surface area contributed by atoms with Gasteiger partial charge in [0, 0.05) is 5.69 Å². The molecule has 2 aromatic rings. The molecule has 0 fully saturated rings. The van der Waals surface area contributed by atoms with Crippen LogP contribution in [0.25, 0.3) is 0 Å². The van der Waals surface area contributed by atoms with E-state index in [0.717, 1.165) is 11.1 Å². The van der Waals surface area contributed by atoms with Crippen LogP contribution in [0.1, 0.15) is 21.5 Å². The molecule has 0 aliphatic rings. The lowest BCUT2D eigenvalue weighted by Gasteiger charge is -2.11. The lowest BCUT2D eigenvalue weighted by Crippen LogP contribution is -2.32. The Morgan fingerprint density at radius 3 is 2.52 bits per heavy atom. The van der Waals surface area contributed by atoms with Crippen LogP contribution in [0, 0.1) is 13.8 Å². The Hall–Kier alpha value is -3.35. The van der Waals surface area contributed by atoms with E-state index in [0.29, 0.717) is 17.0 Å². The van der Waals surface area contributed by atoms with Gasteiger partial charge in [0.2, 0.25) is 0 Å². The number of esters is 1. The van der Waals surface area contributed by atoms with E-state index >= 15 is 0 Å². The molecule has 7 nitrogen and oxygen atoms in total. The molecule has 0 aliphatic heterocycles. The van der Waals surface area contributed by atoms with Gasteiger partial charge in [0.25, 0.3) is 11.8 Å². The van der Waals surface area contributed by atoms with Crippen LogP contribution < -0.4 is 15.4 Å². The number of anilines is 1. The zero-order valence-corrected chi connectivity index (χ0v) is 15.5. The lowest BCUT2D eigenvalue weighted by atomic mass is 10.1. The monoisotopic (exact) mass is 370 g/mol. The van der Waals surface area contributed by atoms with Gasteiger partial charge in [0.1, 0.15) is 12.3 Å². The van der Waals surface area contributed by atoms with Gasteiger partial charge in [-0.05, 0) is 43.2 Å². The van der Waals surface area contributed by atoms with Crippen LogP contribution in [0.2, 0.25) is 0 Å². The Bertz CT molecular complexity index is 848. The highest BCUT2D eigenvalue weighted by atomic mass is 16.5. The average Bonchev–Trinajstić information content (AvgIpc) is 2.67. The molecule has 0 atom stereocenters. The van der Waals surface area contributed by atoms with E-state index < -0.39 is 24.4 Å². The van der Waals surface area contributed by atoms with Crippen LogP contribution in [0.3, 0.4) is 0 Å². The minimum atomic E-state index is -0.714. The quantitative estimate of drug-likeness (QED) is 0.729. The van der Waals surface area contributed by atoms with E-state index in [4.69, 9.17) is 9.47 Å². The third kappa shape index (κ3) is 5.85. The lowest BCUT2D eigenvalue weighted by molar-refractivity contribution is -0.146. The minimum Gasteiger partial charge on any atom is -0.496 e. The summed E-state index contributed by atoms with van der Waals surface area (Å²) >= 11 is 0. The summed E-state index contributed by atoms with van der Waals surface area (Å²) in [6.07, 6.45) is 0. The molecule has 142 valence electrons. The summed E-state index contributed by atoms with van der Waals surface area (Å²) in [4.78, 5) is 35.8. The van der Waals surface area contributed by atoms with E-state index in [1.54, 1.807) is 24.3 Å². The smallest absolute Gasteiger partial charge is 0.325 e. The van der Waals surface area contributed by atoms with Crippen LogP contribution in [-0.2, 0) is 14.3 Å². The fourth-order valence-electron chi connectivity index (χ4n) is 2.33. The Morgan fingerprint density at radius 1 is 1.04 bits per heavy atom. The molecule has 0 aromatic heterocycles. The van der Waals surface area contributed by atoms with Gasteiger partial charge in [-0.25, -0.2) is 0 Å². The van der Waals surface area contributed by atoms with Crippen LogP contribution >= 0.6 is 0 Å². The predicted octanol–water partition coefficient (Wildman–Crippen LogP) is 2.22. The molecule has 0 aliphatic carbocycles. The first-order valence-corrected chi connectivity index (χ1v) is 8.34. The summed E-state index contributed by atoms with van der Waals surface area (Å²) in [7, 11) is 1.45. The number of hydrogen-bond acceptors (Lipinski definition) is 5. The molecule has 0 radical (unpaired) electrons. The van der Waals surface area contributed by atoms with Gasteiger partial charge in [-0.2, -0.15) is 0 Å². The molecule has 27 heavy (non-hydrogen) atoms. The van der Waals surface area contributed by atoms with E-state index in [1.807, 2.05) is 32.0 Å². The first-order valence-electron chi connectivity index (χ1n) is 8.34. The van der Waals surface area contributed by atoms with Crippen molar-refractivity contribution in [2.45, 2.75) is 13.8 Å². The van der Waals surface area contributed by atoms with Gasteiger partial charge in [0.05, 0.1) is 12.7 Å². The van der Waals surface area contributed by atoms with Crippen molar-refractivity contribution >= 4 is 23.5 Å². The van der Waals surface area contributed by atoms with E-state index in [9.17, 15) is 14.4 Å². The number of benzene rings is 2. The number of methoxy groups -OCH3 is 1. The van der Waals surface area contributed by atoms with Crippen molar-refractivity contribution in [3.05, 3.63) is 59.2 Å². The zero-order chi connectivity index (χ0) is 19.8. The molecule has 7 heteroatoms. The van der Waals surface area contributed by atoms with Crippen LogP contribution in [-0.4, -0.2) is 38.0 Å². The number of carbonyl (C=O) groups excluding carboxylic acids is 3. The SMILES string of the molecule is COc1ccccc1C(=O)NCC(=O)OCC(=O)Nc1cc(C)ccc1C. The molecule has 0 heterocycles. The Balaban J connectivity index is 1.79. The third-order valence-corrected chi connectivity index (χ3v) is 3.78. The maximum atomic E-state index is 12.1. The second-order valence-electron chi connectivity index (χ2n) is 5.91. The summed E-state index contributed by atoms with van der Waals surface area (Å²) < 4.78 is 9.99. The number of amides is 2. The van der Waals surface area contributed by atoms with Gasteiger partial charge in [-0.15, -0.1) is 0 Å². The minimum absolute atomic E-state index is 0.306. The molecule has 2 N–H and O–H groups in total. The van der Waals surface area contributed by atoms with Crippen LogP contribution in [0.5, 0.6) is 5.75 Å². The van der Waals surface area contributed by atoms with Crippen molar-refractivity contribution in [1.29, 1.82) is 0 Å². The largest absolute Gasteiger partial charge is 0.496 e. The van der Waals surface area contributed by atoms with Crippen molar-refractivity contribution in [1.82, 2.24) is 5.32 Å². The second kappa shape index (κ2) is 9.38. The predicted molar refractivity (Wildman–Crippen MR) is 101 cm³/mol. The molecule has 2 rings (SSSR count). The van der Waals surface area contributed by atoms with E-state index in [2.05, 4.69) is 10.6 Å². The molecular formula is C20H22N2O5. The Kier molecular flexibility index (Phi) is 6.93. The highest BCUT2D eigenvalue weighted by Gasteiger charge is 2.14. The summed E-state index contributed by atoms with van der Waals surface area (Å²) in [5.41, 5.74) is 2.89. The Labute approximate surface area is 157 Å². The standard InChI is InChI=1S/C20H22N2O5/c1-13-8-9-14(2)16(10-13)22-18(23)12-27-19(24)11-21-20(25)15-6-4-5-7-17(15)26-3/h4-10H,11-12H2,1-3H3,(H,21,25)(H,22,23). The van der Waals surface area contributed by atoms with Crippen LogP contribution in [0.4, 0.5) is 5.69 Å². The topological polar surface area (TPSA) is 93.7 Å². The maximum Gasteiger partial charge on any atom is 0.325 e. The number of nitrogens with one attached hydrogen (secondary N) is 2. The van der Waals surface area contributed by atoms with Gasteiger partial charge in [-0.3, -0.25) is 14.4 Å². The summed E-state index contributed by atoms with van der Waals surface area (Å²) in [5, 5.41) is 5.13. The number of ether oxygens (including phenoxy) is 2. The van der Waals surface area contributed by atoms with Gasteiger partial charge in [0.15, 0.2) is 6.61 Å². The summed E-state index contributed by atoms with van der Waals surface area (Å²) in [6.45, 7) is 3.00. The van der Waals surface area contributed by atoms with Gasteiger partial charge < -0.3 is 20.1 Å². The maximum absolute atomic E-state index is 12.1. The number of aryl methyl sites for hydroxylation is 2. The van der Waals surface area contributed by atoms with E-state index in [-0.39, 0.29) is 6.54 Å². The van der Waals surface area contributed by atoms with E-state index in [1.165, 1.54) is 7.11 Å². The average molecular weight is 370 g/mol. The van der Waals surface area contributed by atoms with Gasteiger partial charge in [-0.1, -0.05) is 24.3 Å². The number of rotatable bonds is 7. The summed E-state index contributed by atoms with van der Waals surface area (Å²) in [5.74, 6) is -1.23. The molecule has 0 saturated heterocycles. The first kappa shape index (κ1) is 20.0. The number of carbonyl (C=O) groups is 3. The molecule has 0 unspecified atom stereocenters. The first-order chi connectivity index (χ1) is 12.9.